The molecular formula is C24H24N2O3S. The van der Waals surface area contributed by atoms with E-state index >= 15 is 0 Å². The Morgan fingerprint density at radius 2 is 1.37 bits per heavy atom. The lowest BCUT2D eigenvalue weighted by atomic mass is 10.2. The van der Waals surface area contributed by atoms with Crippen LogP contribution in [0.1, 0.15) is 11.1 Å². The predicted molar refractivity (Wildman–Crippen MR) is 121 cm³/mol. The number of hydrogen-bond donors (Lipinski definition) is 2. The molecule has 3 rings (SSSR count). The first-order valence-electron chi connectivity index (χ1n) is 9.65. The Balaban J connectivity index is 1.57. The molecule has 0 saturated heterocycles. The first-order chi connectivity index (χ1) is 14.7. The number of hydrogen-bond acceptors (Lipinski definition) is 4. The van der Waals surface area contributed by atoms with Gasteiger partial charge in [0, 0.05) is 17.2 Å². The van der Waals surface area contributed by atoms with Crippen molar-refractivity contribution in [1.82, 2.24) is 5.32 Å². The zero-order valence-corrected chi connectivity index (χ0v) is 17.3. The Morgan fingerprint density at radius 3 is 2.00 bits per heavy atom. The smallest absolute Gasteiger partial charge is 0.408 e. The normalized spacial score (nSPS) is 11.3. The van der Waals surface area contributed by atoms with Crippen LogP contribution in [0.2, 0.25) is 0 Å². The van der Waals surface area contributed by atoms with Gasteiger partial charge in [0.25, 0.3) is 0 Å². The second-order valence-electron chi connectivity index (χ2n) is 6.61. The van der Waals surface area contributed by atoms with Gasteiger partial charge in [-0.3, -0.25) is 4.79 Å². The number of para-hydroxylation sites is 1. The van der Waals surface area contributed by atoms with E-state index in [-0.39, 0.29) is 12.5 Å². The maximum Gasteiger partial charge on any atom is 0.408 e. The molecule has 0 aliphatic rings. The van der Waals surface area contributed by atoms with Gasteiger partial charge in [0.05, 0.1) is 0 Å². The average molecular weight is 421 g/mol. The van der Waals surface area contributed by atoms with Gasteiger partial charge in [-0.05, 0) is 23.3 Å². The van der Waals surface area contributed by atoms with Gasteiger partial charge in [0.2, 0.25) is 5.91 Å². The summed E-state index contributed by atoms with van der Waals surface area (Å²) in [5.41, 5.74) is 2.73. The van der Waals surface area contributed by atoms with Gasteiger partial charge in [-0.2, -0.15) is 11.8 Å². The van der Waals surface area contributed by atoms with Gasteiger partial charge in [0.15, 0.2) is 0 Å². The van der Waals surface area contributed by atoms with Crippen molar-refractivity contribution in [2.45, 2.75) is 18.4 Å². The Labute approximate surface area is 180 Å². The Morgan fingerprint density at radius 1 is 0.800 bits per heavy atom. The molecule has 0 saturated carbocycles. The van der Waals surface area contributed by atoms with Gasteiger partial charge in [-0.1, -0.05) is 78.9 Å². The van der Waals surface area contributed by atoms with Crippen molar-refractivity contribution in [1.29, 1.82) is 0 Å². The third-order valence-corrected chi connectivity index (χ3v) is 5.37. The van der Waals surface area contributed by atoms with Crippen molar-refractivity contribution < 1.29 is 14.3 Å². The molecule has 1 unspecified atom stereocenters. The second-order valence-corrected chi connectivity index (χ2v) is 7.64. The lowest BCUT2D eigenvalue weighted by Crippen LogP contribution is -2.45. The Hall–Kier alpha value is -3.25. The quantitative estimate of drug-likeness (QED) is 0.519. The number of amides is 2. The van der Waals surface area contributed by atoms with Crippen molar-refractivity contribution >= 4 is 29.4 Å². The zero-order chi connectivity index (χ0) is 21.0. The van der Waals surface area contributed by atoms with Gasteiger partial charge < -0.3 is 15.4 Å². The fourth-order valence-electron chi connectivity index (χ4n) is 2.71. The number of rotatable bonds is 9. The van der Waals surface area contributed by atoms with Gasteiger partial charge in [-0.15, -0.1) is 0 Å². The number of ether oxygens (including phenoxy) is 1. The number of anilines is 1. The van der Waals surface area contributed by atoms with Crippen molar-refractivity contribution in [3.63, 3.8) is 0 Å². The van der Waals surface area contributed by atoms with E-state index in [0.29, 0.717) is 11.4 Å². The minimum absolute atomic E-state index is 0.150. The highest BCUT2D eigenvalue weighted by atomic mass is 32.2. The van der Waals surface area contributed by atoms with Crippen LogP contribution in [-0.2, 0) is 21.9 Å². The topological polar surface area (TPSA) is 67.4 Å². The summed E-state index contributed by atoms with van der Waals surface area (Å²) < 4.78 is 5.28. The number of carbonyl (C=O) groups excluding carboxylic acids is 2. The van der Waals surface area contributed by atoms with E-state index in [1.165, 1.54) is 0 Å². The highest BCUT2D eigenvalue weighted by Crippen LogP contribution is 2.14. The van der Waals surface area contributed by atoms with Gasteiger partial charge in [-0.25, -0.2) is 4.79 Å². The van der Waals surface area contributed by atoms with Crippen LogP contribution in [0.5, 0.6) is 0 Å². The fraction of sp³-hybridized carbons (Fsp3) is 0.167. The number of benzene rings is 3. The molecule has 0 spiro atoms. The molecule has 3 aromatic rings. The molecule has 6 heteroatoms. The molecule has 0 heterocycles. The first-order valence-corrected chi connectivity index (χ1v) is 10.8. The molecular weight excluding hydrogens is 396 g/mol. The Kier molecular flexibility index (Phi) is 8.35. The molecule has 1 atom stereocenters. The maximum absolute atomic E-state index is 12.8. The molecule has 0 aromatic heterocycles. The second kappa shape index (κ2) is 11.7. The van der Waals surface area contributed by atoms with E-state index in [9.17, 15) is 9.59 Å². The molecule has 3 aromatic carbocycles. The molecule has 2 N–H and O–H groups in total. The van der Waals surface area contributed by atoms with Crippen LogP contribution in [0, 0.1) is 0 Å². The molecule has 30 heavy (non-hydrogen) atoms. The van der Waals surface area contributed by atoms with Crippen LogP contribution < -0.4 is 10.6 Å². The minimum atomic E-state index is -0.720. The molecule has 0 aliphatic heterocycles. The molecule has 5 nitrogen and oxygen atoms in total. The lowest BCUT2D eigenvalue weighted by Gasteiger charge is -2.18. The van der Waals surface area contributed by atoms with E-state index in [1.54, 1.807) is 23.9 Å². The van der Waals surface area contributed by atoms with Gasteiger partial charge in [0.1, 0.15) is 12.6 Å². The summed E-state index contributed by atoms with van der Waals surface area (Å²) in [4.78, 5) is 25.1. The third kappa shape index (κ3) is 7.29. The molecule has 0 fully saturated rings. The molecule has 154 valence electrons. The largest absolute Gasteiger partial charge is 0.445 e. The van der Waals surface area contributed by atoms with Crippen LogP contribution in [0.3, 0.4) is 0 Å². The third-order valence-electron chi connectivity index (χ3n) is 4.26. The van der Waals surface area contributed by atoms with Crippen LogP contribution >= 0.6 is 11.8 Å². The van der Waals surface area contributed by atoms with Crippen molar-refractivity contribution in [2.24, 2.45) is 0 Å². The predicted octanol–water partition coefficient (Wildman–Crippen LogP) is 4.85. The van der Waals surface area contributed by atoms with E-state index in [4.69, 9.17) is 4.74 Å². The number of nitrogens with one attached hydrogen (secondary N) is 2. The average Bonchev–Trinajstić information content (AvgIpc) is 2.79. The van der Waals surface area contributed by atoms with Crippen molar-refractivity contribution in [2.75, 3.05) is 11.1 Å². The standard InChI is InChI=1S/C24H24N2O3S/c27-23(25-21-14-8-3-9-15-21)22(18-30-17-20-12-6-2-7-13-20)26-24(28)29-16-19-10-4-1-5-11-19/h1-15,22H,16-18H2,(H,25,27)(H,26,28). The summed E-state index contributed by atoms with van der Waals surface area (Å²) >= 11 is 1.58. The fourth-order valence-corrected chi connectivity index (χ4v) is 3.73. The SMILES string of the molecule is O=C(NC(CSCc1ccccc1)C(=O)Nc1ccccc1)OCc1ccccc1. The van der Waals surface area contributed by atoms with Crippen LogP contribution in [0.15, 0.2) is 91.0 Å². The highest BCUT2D eigenvalue weighted by Gasteiger charge is 2.22. The molecule has 0 aliphatic carbocycles. The molecule has 0 bridgehead atoms. The minimum Gasteiger partial charge on any atom is -0.445 e. The van der Waals surface area contributed by atoms with E-state index in [1.807, 2.05) is 78.9 Å². The summed E-state index contributed by atoms with van der Waals surface area (Å²) in [5.74, 6) is 0.892. The number of alkyl carbamates (subject to hydrolysis) is 1. The maximum atomic E-state index is 12.8. The zero-order valence-electron chi connectivity index (χ0n) is 16.5. The van der Waals surface area contributed by atoms with Crippen LogP contribution in [0.4, 0.5) is 10.5 Å². The van der Waals surface area contributed by atoms with Crippen LogP contribution in [-0.4, -0.2) is 23.8 Å². The number of carbonyl (C=O) groups is 2. The van der Waals surface area contributed by atoms with Crippen molar-refractivity contribution in [3.8, 4) is 0 Å². The van der Waals surface area contributed by atoms with Crippen molar-refractivity contribution in [3.05, 3.63) is 102 Å². The first kappa shape index (κ1) is 21.5. The number of thioether (sulfide) groups is 1. The summed E-state index contributed by atoms with van der Waals surface area (Å²) in [5, 5.41) is 5.55. The monoisotopic (exact) mass is 420 g/mol. The van der Waals surface area contributed by atoms with Crippen LogP contribution in [0.25, 0.3) is 0 Å². The lowest BCUT2D eigenvalue weighted by molar-refractivity contribution is -0.117. The summed E-state index contributed by atoms with van der Waals surface area (Å²) in [6, 6.07) is 27.9. The molecule has 0 radical (unpaired) electrons. The highest BCUT2D eigenvalue weighted by molar-refractivity contribution is 7.98. The summed E-state index contributed by atoms with van der Waals surface area (Å²) in [6.45, 7) is 0.150. The van der Waals surface area contributed by atoms with Gasteiger partial charge >= 0.3 is 6.09 Å². The summed E-state index contributed by atoms with van der Waals surface area (Å²) in [6.07, 6.45) is -0.618. The van der Waals surface area contributed by atoms with E-state index in [2.05, 4.69) is 10.6 Å². The molecule has 2 amide bonds. The van der Waals surface area contributed by atoms with E-state index in [0.717, 1.165) is 16.9 Å². The Bertz CT molecular complexity index is 921. The van der Waals surface area contributed by atoms with E-state index < -0.39 is 12.1 Å². The summed E-state index contributed by atoms with van der Waals surface area (Å²) in [7, 11) is 0.